The average molecular weight is 328 g/mol. The third kappa shape index (κ3) is 2.62. The van der Waals surface area contributed by atoms with Crippen LogP contribution in [-0.2, 0) is 6.54 Å². The molecule has 0 N–H and O–H groups in total. The Hall–Kier alpha value is -2.94. The first-order valence-electron chi connectivity index (χ1n) is 8.60. The number of carbonyl (C=O) groups is 1. The second-order valence-electron chi connectivity index (χ2n) is 6.69. The minimum atomic E-state index is 0.237. The molecule has 0 saturated carbocycles. The quantitative estimate of drug-likeness (QED) is 0.484. The van der Waals surface area contributed by atoms with Crippen LogP contribution in [0.2, 0.25) is 0 Å². The largest absolute Gasteiger partial charge is 0.334 e. The highest BCUT2D eigenvalue weighted by molar-refractivity contribution is 6.10. The number of carbonyl (C=O) groups excluding carboxylic acids is 1. The molecule has 0 atom stereocenters. The third-order valence-electron chi connectivity index (χ3n) is 4.65. The molecule has 0 bridgehead atoms. The third-order valence-corrected chi connectivity index (χ3v) is 4.65. The zero-order chi connectivity index (χ0) is 17.4. The number of hydrogen-bond acceptors (Lipinski definition) is 2. The topological polar surface area (TPSA) is 34.9 Å². The predicted octanol–water partition coefficient (Wildman–Crippen LogP) is 5.17. The summed E-state index contributed by atoms with van der Waals surface area (Å²) in [6, 6.07) is 20.7. The van der Waals surface area contributed by atoms with E-state index in [0.29, 0.717) is 5.69 Å². The molecule has 25 heavy (non-hydrogen) atoms. The van der Waals surface area contributed by atoms with E-state index in [1.54, 1.807) is 0 Å². The van der Waals surface area contributed by atoms with Gasteiger partial charge in [-0.1, -0.05) is 62.4 Å². The van der Waals surface area contributed by atoms with Gasteiger partial charge in [-0.25, -0.2) is 4.98 Å². The number of nitrogens with zero attached hydrogens (tertiary/aromatic N) is 2. The second kappa shape index (κ2) is 6.17. The lowest BCUT2D eigenvalue weighted by atomic mass is 10.0. The smallest absolute Gasteiger partial charge is 0.168 e. The first-order valence-corrected chi connectivity index (χ1v) is 8.60. The van der Waals surface area contributed by atoms with Crippen molar-refractivity contribution in [2.75, 3.05) is 0 Å². The van der Waals surface area contributed by atoms with Gasteiger partial charge in [-0.3, -0.25) is 4.79 Å². The van der Waals surface area contributed by atoms with Gasteiger partial charge in [0.15, 0.2) is 6.29 Å². The molecule has 4 aromatic rings. The van der Waals surface area contributed by atoms with Crippen LogP contribution in [0.5, 0.6) is 0 Å². The van der Waals surface area contributed by atoms with Crippen LogP contribution < -0.4 is 0 Å². The second-order valence-corrected chi connectivity index (χ2v) is 6.69. The van der Waals surface area contributed by atoms with Gasteiger partial charge in [-0.05, 0) is 23.6 Å². The molecule has 0 fully saturated rings. The van der Waals surface area contributed by atoms with E-state index in [2.05, 4.69) is 65.9 Å². The average Bonchev–Trinajstić information content (AvgIpc) is 2.96. The van der Waals surface area contributed by atoms with Crippen LogP contribution in [0, 0.1) is 0 Å². The molecule has 3 heteroatoms. The molecule has 0 aliphatic carbocycles. The van der Waals surface area contributed by atoms with Gasteiger partial charge < -0.3 is 4.57 Å². The molecular weight excluding hydrogens is 308 g/mol. The maximum Gasteiger partial charge on any atom is 0.168 e. The molecule has 0 radical (unpaired) electrons. The highest BCUT2D eigenvalue weighted by Gasteiger charge is 2.18. The summed E-state index contributed by atoms with van der Waals surface area (Å²) < 4.78 is 2.33. The Kier molecular flexibility index (Phi) is 3.85. The standard InChI is InChI=1S/C22H20N2O/c1-15(2)21-22-19(12-17(14-25)23-21)18-10-6-7-11-20(18)24(22)13-16-8-4-3-5-9-16/h3-12,14-15H,13H2,1-2H3. The van der Waals surface area contributed by atoms with Crippen LogP contribution in [0.25, 0.3) is 21.8 Å². The molecule has 0 spiro atoms. The number of benzene rings is 2. The van der Waals surface area contributed by atoms with Crippen LogP contribution in [0.1, 0.15) is 41.5 Å². The van der Waals surface area contributed by atoms with Gasteiger partial charge in [-0.15, -0.1) is 0 Å². The van der Waals surface area contributed by atoms with Gasteiger partial charge in [0.25, 0.3) is 0 Å². The van der Waals surface area contributed by atoms with Crippen molar-refractivity contribution >= 4 is 28.1 Å². The SMILES string of the molecule is CC(C)c1nc(C=O)cc2c3ccccc3n(Cc3ccccc3)c12. The molecule has 0 saturated heterocycles. The molecule has 0 aliphatic rings. The molecule has 0 amide bonds. The van der Waals surface area contributed by atoms with E-state index in [9.17, 15) is 4.79 Å². The molecular formula is C22H20N2O. The van der Waals surface area contributed by atoms with Crippen molar-refractivity contribution in [2.45, 2.75) is 26.3 Å². The van der Waals surface area contributed by atoms with E-state index in [1.165, 1.54) is 16.5 Å². The fraction of sp³-hybridized carbons (Fsp3) is 0.182. The predicted molar refractivity (Wildman–Crippen MR) is 102 cm³/mol. The van der Waals surface area contributed by atoms with E-state index >= 15 is 0 Å². The lowest BCUT2D eigenvalue weighted by molar-refractivity contribution is 0.111. The number of pyridine rings is 1. The first kappa shape index (κ1) is 15.6. The Morgan fingerprint density at radius 3 is 2.44 bits per heavy atom. The first-order chi connectivity index (χ1) is 12.2. The summed E-state index contributed by atoms with van der Waals surface area (Å²) in [6.45, 7) is 5.04. The Morgan fingerprint density at radius 2 is 1.72 bits per heavy atom. The highest BCUT2D eigenvalue weighted by Crippen LogP contribution is 2.34. The summed E-state index contributed by atoms with van der Waals surface area (Å²) in [6.07, 6.45) is 0.842. The maximum absolute atomic E-state index is 11.4. The summed E-state index contributed by atoms with van der Waals surface area (Å²) in [5.41, 5.74) is 5.03. The number of aromatic nitrogens is 2. The lowest BCUT2D eigenvalue weighted by Gasteiger charge is -2.13. The van der Waals surface area contributed by atoms with E-state index < -0.39 is 0 Å². The molecule has 0 unspecified atom stereocenters. The summed E-state index contributed by atoms with van der Waals surface area (Å²) in [5, 5.41) is 2.27. The fourth-order valence-electron chi connectivity index (χ4n) is 3.52. The highest BCUT2D eigenvalue weighted by atomic mass is 16.1. The van der Waals surface area contributed by atoms with Crippen LogP contribution in [0.15, 0.2) is 60.7 Å². The fourth-order valence-corrected chi connectivity index (χ4v) is 3.52. The van der Waals surface area contributed by atoms with Crippen molar-refractivity contribution in [3.63, 3.8) is 0 Å². The van der Waals surface area contributed by atoms with Crippen LogP contribution in [0.4, 0.5) is 0 Å². The van der Waals surface area contributed by atoms with Crippen molar-refractivity contribution in [3.8, 4) is 0 Å². The van der Waals surface area contributed by atoms with Crippen LogP contribution >= 0.6 is 0 Å². The van der Waals surface area contributed by atoms with Crippen molar-refractivity contribution in [1.82, 2.24) is 9.55 Å². The molecule has 124 valence electrons. The number of fused-ring (bicyclic) bond motifs is 3. The van der Waals surface area contributed by atoms with E-state index in [4.69, 9.17) is 0 Å². The lowest BCUT2D eigenvalue weighted by Crippen LogP contribution is -2.05. The van der Waals surface area contributed by atoms with Crippen molar-refractivity contribution in [2.24, 2.45) is 0 Å². The Bertz CT molecular complexity index is 1060. The molecule has 3 nitrogen and oxygen atoms in total. The molecule has 4 rings (SSSR count). The Morgan fingerprint density at radius 1 is 1.00 bits per heavy atom. The number of para-hydroxylation sites is 1. The number of hydrogen-bond donors (Lipinski definition) is 0. The summed E-state index contributed by atoms with van der Waals surface area (Å²) in [5.74, 6) is 0.237. The minimum absolute atomic E-state index is 0.237. The van der Waals surface area contributed by atoms with Gasteiger partial charge in [0, 0.05) is 22.8 Å². The van der Waals surface area contributed by atoms with Crippen molar-refractivity contribution in [1.29, 1.82) is 0 Å². The van der Waals surface area contributed by atoms with Gasteiger partial charge in [0.2, 0.25) is 0 Å². The van der Waals surface area contributed by atoms with E-state index in [1.807, 2.05) is 18.2 Å². The van der Waals surface area contributed by atoms with Crippen molar-refractivity contribution < 1.29 is 4.79 Å². The summed E-state index contributed by atoms with van der Waals surface area (Å²) >= 11 is 0. The van der Waals surface area contributed by atoms with Gasteiger partial charge in [0.05, 0.1) is 11.2 Å². The van der Waals surface area contributed by atoms with Gasteiger partial charge in [0.1, 0.15) is 5.69 Å². The van der Waals surface area contributed by atoms with E-state index in [-0.39, 0.29) is 5.92 Å². The molecule has 0 aliphatic heterocycles. The van der Waals surface area contributed by atoms with E-state index in [0.717, 1.165) is 29.4 Å². The number of rotatable bonds is 4. The van der Waals surface area contributed by atoms with Gasteiger partial charge in [-0.2, -0.15) is 0 Å². The van der Waals surface area contributed by atoms with Crippen molar-refractivity contribution in [3.05, 3.63) is 77.6 Å². The van der Waals surface area contributed by atoms with Gasteiger partial charge >= 0.3 is 0 Å². The zero-order valence-corrected chi connectivity index (χ0v) is 14.4. The minimum Gasteiger partial charge on any atom is -0.334 e. The maximum atomic E-state index is 11.4. The number of aldehydes is 1. The monoisotopic (exact) mass is 328 g/mol. The van der Waals surface area contributed by atoms with Crippen LogP contribution in [-0.4, -0.2) is 15.8 Å². The molecule has 2 heterocycles. The summed E-state index contributed by atoms with van der Waals surface area (Å²) in [4.78, 5) is 16.0. The summed E-state index contributed by atoms with van der Waals surface area (Å²) in [7, 11) is 0. The molecule has 2 aromatic carbocycles. The van der Waals surface area contributed by atoms with Crippen LogP contribution in [0.3, 0.4) is 0 Å². The Labute approximate surface area is 146 Å². The zero-order valence-electron chi connectivity index (χ0n) is 14.4. The Balaban J connectivity index is 2.09. The molecule has 2 aromatic heterocycles. The normalized spacial score (nSPS) is 11.5.